The molecule has 0 aliphatic heterocycles. The van der Waals surface area contributed by atoms with E-state index in [9.17, 15) is 4.79 Å². The van der Waals surface area contributed by atoms with Gasteiger partial charge in [0.2, 0.25) is 0 Å². The molecule has 0 fully saturated rings. The molecule has 0 aliphatic carbocycles. The van der Waals surface area contributed by atoms with E-state index in [0.29, 0.717) is 29.5 Å². The van der Waals surface area contributed by atoms with E-state index in [-0.39, 0.29) is 5.91 Å². The Kier molecular flexibility index (Phi) is 5.16. The predicted octanol–water partition coefficient (Wildman–Crippen LogP) is 2.74. The monoisotopic (exact) mass is 335 g/mol. The van der Waals surface area contributed by atoms with Crippen LogP contribution in [0.25, 0.3) is 0 Å². The lowest BCUT2D eigenvalue weighted by molar-refractivity contribution is 0.102. The Balaban J connectivity index is 1.59. The maximum atomic E-state index is 12.2. The van der Waals surface area contributed by atoms with Crippen molar-refractivity contribution < 1.29 is 9.53 Å². The number of anilines is 2. The molecule has 7 heteroatoms. The molecule has 3 rings (SSSR count). The molecule has 0 radical (unpaired) electrons. The summed E-state index contributed by atoms with van der Waals surface area (Å²) in [7, 11) is 1.56. The van der Waals surface area contributed by atoms with Crippen LogP contribution in [0.1, 0.15) is 15.9 Å². The van der Waals surface area contributed by atoms with Crippen molar-refractivity contribution in [3.63, 3.8) is 0 Å². The van der Waals surface area contributed by atoms with Gasteiger partial charge in [-0.3, -0.25) is 9.78 Å². The van der Waals surface area contributed by atoms with Crippen LogP contribution < -0.4 is 15.4 Å². The zero-order chi connectivity index (χ0) is 17.5. The van der Waals surface area contributed by atoms with Gasteiger partial charge < -0.3 is 15.4 Å². The molecule has 0 aliphatic rings. The lowest BCUT2D eigenvalue weighted by Gasteiger charge is -2.07. The SMILES string of the molecule is COc1cccc(C(=O)Nc2ccc(NCc3ccncc3)nn2)c1. The van der Waals surface area contributed by atoms with Crippen molar-refractivity contribution in [1.82, 2.24) is 15.2 Å². The van der Waals surface area contributed by atoms with E-state index in [1.165, 1.54) is 0 Å². The molecule has 0 spiro atoms. The Morgan fingerprint density at radius 3 is 2.52 bits per heavy atom. The zero-order valence-electron chi connectivity index (χ0n) is 13.6. The van der Waals surface area contributed by atoms with E-state index >= 15 is 0 Å². The minimum atomic E-state index is -0.273. The average Bonchev–Trinajstić information content (AvgIpc) is 2.68. The molecule has 1 amide bonds. The Morgan fingerprint density at radius 2 is 1.80 bits per heavy atom. The molecular formula is C18H17N5O2. The maximum Gasteiger partial charge on any atom is 0.256 e. The standard InChI is InChI=1S/C18H17N5O2/c1-25-15-4-2-3-14(11-15)18(24)21-17-6-5-16(22-23-17)20-12-13-7-9-19-10-8-13/h2-11H,12H2,1H3,(H,20,22)(H,21,23,24). The second kappa shape index (κ2) is 7.87. The number of amides is 1. The highest BCUT2D eigenvalue weighted by atomic mass is 16.5. The highest BCUT2D eigenvalue weighted by molar-refractivity contribution is 6.03. The third-order valence-electron chi connectivity index (χ3n) is 3.46. The van der Waals surface area contributed by atoms with E-state index in [0.717, 1.165) is 5.56 Å². The molecule has 2 aromatic heterocycles. The van der Waals surface area contributed by atoms with Gasteiger partial charge in [-0.05, 0) is 48.0 Å². The molecule has 1 aromatic carbocycles. The van der Waals surface area contributed by atoms with Gasteiger partial charge in [-0.2, -0.15) is 0 Å². The number of carbonyl (C=O) groups excluding carboxylic acids is 1. The summed E-state index contributed by atoms with van der Waals surface area (Å²) in [5.74, 6) is 1.35. The molecule has 0 unspecified atom stereocenters. The highest BCUT2D eigenvalue weighted by Gasteiger charge is 2.08. The third kappa shape index (κ3) is 4.51. The normalized spacial score (nSPS) is 10.1. The second-order valence-electron chi connectivity index (χ2n) is 5.20. The predicted molar refractivity (Wildman–Crippen MR) is 94.5 cm³/mol. The fourth-order valence-corrected chi connectivity index (χ4v) is 2.14. The summed E-state index contributed by atoms with van der Waals surface area (Å²) in [5, 5.41) is 13.9. The lowest BCUT2D eigenvalue weighted by Crippen LogP contribution is -2.13. The molecule has 3 aromatic rings. The average molecular weight is 335 g/mol. The van der Waals surface area contributed by atoms with Crippen LogP contribution in [0.2, 0.25) is 0 Å². The van der Waals surface area contributed by atoms with Crippen molar-refractivity contribution in [3.8, 4) is 5.75 Å². The molecule has 0 saturated heterocycles. The summed E-state index contributed by atoms with van der Waals surface area (Å²) in [6, 6.07) is 14.2. The van der Waals surface area contributed by atoms with Gasteiger partial charge in [0.25, 0.3) is 5.91 Å². The van der Waals surface area contributed by atoms with Gasteiger partial charge in [0, 0.05) is 24.5 Å². The number of hydrogen-bond donors (Lipinski definition) is 2. The summed E-state index contributed by atoms with van der Waals surface area (Å²) >= 11 is 0. The van der Waals surface area contributed by atoms with Crippen molar-refractivity contribution in [3.05, 3.63) is 72.1 Å². The summed E-state index contributed by atoms with van der Waals surface area (Å²) in [6.07, 6.45) is 3.47. The zero-order valence-corrected chi connectivity index (χ0v) is 13.6. The summed E-state index contributed by atoms with van der Waals surface area (Å²) in [4.78, 5) is 16.2. The maximum absolute atomic E-state index is 12.2. The molecular weight excluding hydrogens is 318 g/mol. The quantitative estimate of drug-likeness (QED) is 0.720. The van der Waals surface area contributed by atoms with Crippen molar-refractivity contribution in [1.29, 1.82) is 0 Å². The fraction of sp³-hybridized carbons (Fsp3) is 0.111. The minimum absolute atomic E-state index is 0.273. The van der Waals surface area contributed by atoms with Crippen molar-refractivity contribution >= 4 is 17.5 Å². The van der Waals surface area contributed by atoms with Gasteiger partial charge in [-0.25, -0.2) is 0 Å². The van der Waals surface area contributed by atoms with E-state index in [1.54, 1.807) is 55.9 Å². The molecule has 0 atom stereocenters. The number of carbonyl (C=O) groups is 1. The van der Waals surface area contributed by atoms with Crippen molar-refractivity contribution in [2.45, 2.75) is 6.54 Å². The molecule has 0 bridgehead atoms. The molecule has 2 heterocycles. The van der Waals surface area contributed by atoms with Gasteiger partial charge in [0.1, 0.15) is 11.6 Å². The van der Waals surface area contributed by atoms with Crippen molar-refractivity contribution in [2.24, 2.45) is 0 Å². The Hall–Kier alpha value is -3.48. The first-order valence-corrected chi connectivity index (χ1v) is 7.66. The topological polar surface area (TPSA) is 89.0 Å². The van der Waals surface area contributed by atoms with Crippen molar-refractivity contribution in [2.75, 3.05) is 17.7 Å². The number of pyridine rings is 1. The smallest absolute Gasteiger partial charge is 0.256 e. The number of nitrogens with zero attached hydrogens (tertiary/aromatic N) is 3. The summed E-state index contributed by atoms with van der Waals surface area (Å²) in [5.41, 5.74) is 1.58. The van der Waals surface area contributed by atoms with Crippen LogP contribution in [0.3, 0.4) is 0 Å². The highest BCUT2D eigenvalue weighted by Crippen LogP contribution is 2.14. The number of benzene rings is 1. The van der Waals surface area contributed by atoms with Gasteiger partial charge in [-0.1, -0.05) is 6.07 Å². The van der Waals surface area contributed by atoms with Crippen LogP contribution in [0.15, 0.2) is 60.9 Å². The van der Waals surface area contributed by atoms with Gasteiger partial charge in [-0.15, -0.1) is 10.2 Å². The molecule has 126 valence electrons. The van der Waals surface area contributed by atoms with Crippen LogP contribution in [0, 0.1) is 0 Å². The third-order valence-corrected chi connectivity index (χ3v) is 3.46. The number of ether oxygens (including phenoxy) is 1. The Morgan fingerprint density at radius 1 is 1.04 bits per heavy atom. The van der Waals surface area contributed by atoms with Crippen LogP contribution in [0.5, 0.6) is 5.75 Å². The van der Waals surface area contributed by atoms with E-state index in [1.807, 2.05) is 12.1 Å². The number of nitrogens with one attached hydrogen (secondary N) is 2. The first-order chi connectivity index (χ1) is 12.2. The number of hydrogen-bond acceptors (Lipinski definition) is 6. The van der Waals surface area contributed by atoms with Crippen LogP contribution in [-0.2, 0) is 6.54 Å². The Bertz CT molecular complexity index is 838. The van der Waals surface area contributed by atoms with Crippen LogP contribution in [0.4, 0.5) is 11.6 Å². The first kappa shape index (κ1) is 16.4. The number of rotatable bonds is 6. The number of methoxy groups -OCH3 is 1. The molecule has 7 nitrogen and oxygen atoms in total. The summed E-state index contributed by atoms with van der Waals surface area (Å²) < 4.78 is 5.11. The lowest BCUT2D eigenvalue weighted by atomic mass is 10.2. The summed E-state index contributed by atoms with van der Waals surface area (Å²) in [6.45, 7) is 0.618. The number of aromatic nitrogens is 3. The fourth-order valence-electron chi connectivity index (χ4n) is 2.14. The second-order valence-corrected chi connectivity index (χ2v) is 5.20. The minimum Gasteiger partial charge on any atom is -0.497 e. The van der Waals surface area contributed by atoms with E-state index < -0.39 is 0 Å². The van der Waals surface area contributed by atoms with E-state index in [2.05, 4.69) is 25.8 Å². The van der Waals surface area contributed by atoms with E-state index in [4.69, 9.17) is 4.74 Å². The van der Waals surface area contributed by atoms with Gasteiger partial charge in [0.15, 0.2) is 5.82 Å². The van der Waals surface area contributed by atoms with Crippen LogP contribution in [-0.4, -0.2) is 28.2 Å². The van der Waals surface area contributed by atoms with Crippen LogP contribution >= 0.6 is 0 Å². The molecule has 2 N–H and O–H groups in total. The largest absolute Gasteiger partial charge is 0.497 e. The van der Waals surface area contributed by atoms with Gasteiger partial charge >= 0.3 is 0 Å². The molecule has 25 heavy (non-hydrogen) atoms. The first-order valence-electron chi connectivity index (χ1n) is 7.66. The Labute approximate surface area is 145 Å². The molecule has 0 saturated carbocycles. The van der Waals surface area contributed by atoms with Gasteiger partial charge in [0.05, 0.1) is 7.11 Å².